The molecule has 0 aliphatic heterocycles. The predicted octanol–water partition coefficient (Wildman–Crippen LogP) is 2.60. The topological polar surface area (TPSA) is 55.0 Å². The molecule has 1 unspecified atom stereocenters. The summed E-state index contributed by atoms with van der Waals surface area (Å²) in [6, 6.07) is 0. The smallest absolute Gasteiger partial charge is 0.264 e. The Morgan fingerprint density at radius 2 is 2.12 bits per heavy atom. The van der Waals surface area contributed by atoms with E-state index in [1.54, 1.807) is 7.11 Å². The fourth-order valence-corrected chi connectivity index (χ4v) is 2.65. The summed E-state index contributed by atoms with van der Waals surface area (Å²) in [5, 5.41) is 0. The zero-order valence-corrected chi connectivity index (χ0v) is 12.4. The number of aromatic nitrogens is 2. The Morgan fingerprint density at radius 3 is 2.59 bits per heavy atom. The highest BCUT2D eigenvalue weighted by molar-refractivity contribution is 14.1. The van der Waals surface area contributed by atoms with Crippen LogP contribution in [0.3, 0.4) is 0 Å². The molecule has 0 saturated heterocycles. The van der Waals surface area contributed by atoms with Gasteiger partial charge in [0.05, 0.1) is 9.26 Å². The van der Waals surface area contributed by atoms with Crippen molar-refractivity contribution in [2.45, 2.75) is 38.7 Å². The van der Waals surface area contributed by atoms with Crippen LogP contribution < -0.4 is 5.56 Å². The van der Waals surface area contributed by atoms with Crippen LogP contribution in [0.4, 0.5) is 0 Å². The summed E-state index contributed by atoms with van der Waals surface area (Å²) in [5.74, 6) is 1.43. The van der Waals surface area contributed by atoms with Crippen molar-refractivity contribution in [2.75, 3.05) is 7.11 Å². The van der Waals surface area contributed by atoms with E-state index in [1.165, 1.54) is 0 Å². The standard InChI is InChI=1S/C12H17IN2O2/c1-6(2)10(17-3)11-14-9(7-4-5-7)8(13)12(16)15-11/h6-7,10H,4-5H2,1-3H3,(H,14,15,16). The van der Waals surface area contributed by atoms with E-state index in [1.807, 2.05) is 0 Å². The van der Waals surface area contributed by atoms with E-state index in [9.17, 15) is 4.79 Å². The molecule has 0 spiro atoms. The molecule has 1 heterocycles. The summed E-state index contributed by atoms with van der Waals surface area (Å²) >= 11 is 2.08. The molecule has 94 valence electrons. The number of aromatic amines is 1. The Hall–Kier alpha value is -0.430. The number of methoxy groups -OCH3 is 1. The maximum Gasteiger partial charge on any atom is 0.264 e. The molecule has 5 heteroatoms. The molecule has 1 aromatic heterocycles. The molecule has 4 nitrogen and oxygen atoms in total. The monoisotopic (exact) mass is 348 g/mol. The second kappa shape index (κ2) is 5.06. The first-order valence-corrected chi connectivity index (χ1v) is 6.94. The first-order chi connectivity index (χ1) is 8.04. The van der Waals surface area contributed by atoms with Crippen LogP contribution in [-0.4, -0.2) is 17.1 Å². The highest BCUT2D eigenvalue weighted by Crippen LogP contribution is 2.40. The minimum absolute atomic E-state index is 0.0415. The van der Waals surface area contributed by atoms with Crippen molar-refractivity contribution >= 4 is 22.6 Å². The molecule has 0 radical (unpaired) electrons. The maximum atomic E-state index is 11.9. The Labute approximate surface area is 114 Å². The van der Waals surface area contributed by atoms with Gasteiger partial charge < -0.3 is 9.72 Å². The van der Waals surface area contributed by atoms with Gasteiger partial charge in [0.25, 0.3) is 5.56 Å². The van der Waals surface area contributed by atoms with Crippen LogP contribution in [0.2, 0.25) is 0 Å². The van der Waals surface area contributed by atoms with Crippen molar-refractivity contribution < 1.29 is 4.74 Å². The third kappa shape index (κ3) is 2.70. The minimum atomic E-state index is -0.141. The number of rotatable bonds is 4. The van der Waals surface area contributed by atoms with E-state index in [2.05, 4.69) is 46.4 Å². The summed E-state index contributed by atoms with van der Waals surface area (Å²) in [6.45, 7) is 4.12. The lowest BCUT2D eigenvalue weighted by atomic mass is 10.1. The van der Waals surface area contributed by atoms with Crippen molar-refractivity contribution in [2.24, 2.45) is 5.92 Å². The molecule has 1 aromatic rings. The summed E-state index contributed by atoms with van der Waals surface area (Å²) in [6.07, 6.45) is 2.15. The maximum absolute atomic E-state index is 11.9. The average molecular weight is 348 g/mol. The zero-order chi connectivity index (χ0) is 12.6. The van der Waals surface area contributed by atoms with Crippen LogP contribution in [0.25, 0.3) is 0 Å². The number of nitrogens with zero attached hydrogens (tertiary/aromatic N) is 1. The molecule has 17 heavy (non-hydrogen) atoms. The van der Waals surface area contributed by atoms with Gasteiger partial charge in [0.1, 0.15) is 11.9 Å². The van der Waals surface area contributed by atoms with Gasteiger partial charge in [-0.1, -0.05) is 13.8 Å². The van der Waals surface area contributed by atoms with Gasteiger partial charge in [-0.15, -0.1) is 0 Å². The number of ether oxygens (including phenoxy) is 1. The van der Waals surface area contributed by atoms with E-state index in [0.29, 0.717) is 11.7 Å². The molecule has 1 N–H and O–H groups in total. The molecule has 0 aromatic carbocycles. The molecule has 1 aliphatic carbocycles. The molecular weight excluding hydrogens is 331 g/mol. The van der Waals surface area contributed by atoms with Crippen LogP contribution in [-0.2, 0) is 4.74 Å². The van der Waals surface area contributed by atoms with Crippen molar-refractivity contribution in [3.05, 3.63) is 25.4 Å². The lowest BCUT2D eigenvalue weighted by Crippen LogP contribution is -2.22. The summed E-state index contributed by atoms with van der Waals surface area (Å²) < 4.78 is 6.14. The molecule has 1 fully saturated rings. The molecule has 0 bridgehead atoms. The minimum Gasteiger partial charge on any atom is -0.373 e. The van der Waals surface area contributed by atoms with Gasteiger partial charge in [0.15, 0.2) is 0 Å². The lowest BCUT2D eigenvalue weighted by Gasteiger charge is -2.19. The quantitative estimate of drug-likeness (QED) is 0.851. The van der Waals surface area contributed by atoms with Gasteiger partial charge in [-0.25, -0.2) is 4.98 Å². The predicted molar refractivity (Wildman–Crippen MR) is 74.1 cm³/mol. The largest absolute Gasteiger partial charge is 0.373 e. The third-order valence-corrected chi connectivity index (χ3v) is 4.04. The van der Waals surface area contributed by atoms with Crippen LogP contribution in [0.15, 0.2) is 4.79 Å². The van der Waals surface area contributed by atoms with E-state index in [0.717, 1.165) is 22.1 Å². The van der Waals surface area contributed by atoms with Gasteiger partial charge in [0.2, 0.25) is 0 Å². The van der Waals surface area contributed by atoms with Crippen LogP contribution in [0, 0.1) is 9.49 Å². The van der Waals surface area contributed by atoms with E-state index < -0.39 is 0 Å². The van der Waals surface area contributed by atoms with Crippen molar-refractivity contribution in [1.29, 1.82) is 0 Å². The fraction of sp³-hybridized carbons (Fsp3) is 0.667. The Bertz CT molecular complexity index is 466. The van der Waals surface area contributed by atoms with Crippen LogP contribution >= 0.6 is 22.6 Å². The molecular formula is C12H17IN2O2. The Balaban J connectivity index is 2.44. The number of H-pyrrole nitrogens is 1. The molecule has 1 saturated carbocycles. The molecule has 1 aliphatic rings. The number of nitrogens with one attached hydrogen (secondary N) is 1. The fourth-order valence-electron chi connectivity index (χ4n) is 1.96. The van der Waals surface area contributed by atoms with E-state index >= 15 is 0 Å². The highest BCUT2D eigenvalue weighted by Gasteiger charge is 2.30. The van der Waals surface area contributed by atoms with Crippen molar-refractivity contribution in [3.8, 4) is 0 Å². The second-order valence-electron chi connectivity index (χ2n) is 4.82. The van der Waals surface area contributed by atoms with Gasteiger partial charge in [-0.05, 0) is 41.4 Å². The Morgan fingerprint density at radius 1 is 1.47 bits per heavy atom. The van der Waals surface area contributed by atoms with Gasteiger partial charge in [-0.2, -0.15) is 0 Å². The van der Waals surface area contributed by atoms with E-state index in [4.69, 9.17) is 4.74 Å². The number of hydrogen-bond donors (Lipinski definition) is 1. The summed E-state index contributed by atoms with van der Waals surface area (Å²) in [5.41, 5.74) is 0.909. The number of halogens is 1. The zero-order valence-electron chi connectivity index (χ0n) is 10.3. The van der Waals surface area contributed by atoms with E-state index in [-0.39, 0.29) is 17.6 Å². The van der Waals surface area contributed by atoms with Gasteiger partial charge in [0, 0.05) is 13.0 Å². The summed E-state index contributed by atoms with van der Waals surface area (Å²) in [4.78, 5) is 19.3. The first-order valence-electron chi connectivity index (χ1n) is 5.87. The summed E-state index contributed by atoms with van der Waals surface area (Å²) in [7, 11) is 1.65. The second-order valence-corrected chi connectivity index (χ2v) is 5.90. The van der Waals surface area contributed by atoms with Gasteiger partial charge in [-0.3, -0.25) is 4.79 Å². The third-order valence-electron chi connectivity index (χ3n) is 3.00. The van der Waals surface area contributed by atoms with Crippen LogP contribution in [0.1, 0.15) is 50.2 Å². The van der Waals surface area contributed by atoms with Crippen molar-refractivity contribution in [3.63, 3.8) is 0 Å². The molecule has 1 atom stereocenters. The van der Waals surface area contributed by atoms with Crippen LogP contribution in [0.5, 0.6) is 0 Å². The average Bonchev–Trinajstić information content (AvgIpc) is 3.07. The highest BCUT2D eigenvalue weighted by atomic mass is 127. The molecule has 0 amide bonds. The Kier molecular flexibility index (Phi) is 3.87. The number of hydrogen-bond acceptors (Lipinski definition) is 3. The first kappa shape index (κ1) is 13.0. The SMILES string of the molecule is COC(c1nc(C2CC2)c(I)c(=O)[nH]1)C(C)C. The normalized spacial score (nSPS) is 17.5. The van der Waals surface area contributed by atoms with Gasteiger partial charge >= 0.3 is 0 Å². The molecule has 2 rings (SSSR count). The lowest BCUT2D eigenvalue weighted by molar-refractivity contribution is 0.0570. The van der Waals surface area contributed by atoms with Crippen molar-refractivity contribution in [1.82, 2.24) is 9.97 Å².